The second-order valence-electron chi connectivity index (χ2n) is 5.05. The fourth-order valence-electron chi connectivity index (χ4n) is 2.99. The molecule has 0 spiro atoms. The Balaban J connectivity index is 2.00. The van der Waals surface area contributed by atoms with E-state index in [1.165, 1.54) is 32.1 Å². The van der Waals surface area contributed by atoms with Crippen LogP contribution >= 0.6 is 0 Å². The third kappa shape index (κ3) is 1.14. The van der Waals surface area contributed by atoms with E-state index in [0.29, 0.717) is 6.04 Å². The van der Waals surface area contributed by atoms with Crippen molar-refractivity contribution in [2.24, 2.45) is 5.92 Å². The highest BCUT2D eigenvalue weighted by atomic mass is 15.0. The summed E-state index contributed by atoms with van der Waals surface area (Å²) in [6, 6.07) is 0.703. The lowest BCUT2D eigenvalue weighted by Gasteiger charge is -2.28. The van der Waals surface area contributed by atoms with Gasteiger partial charge in [-0.25, -0.2) is 0 Å². The van der Waals surface area contributed by atoms with Crippen LogP contribution in [-0.4, -0.2) is 6.04 Å². The van der Waals surface area contributed by atoms with Gasteiger partial charge in [0.25, 0.3) is 0 Å². The molecule has 76 valence electrons. The number of fused-ring (bicyclic) bond motifs is 1. The Bertz CT molecular complexity index is 329. The fraction of sp³-hybridized carbons (Fsp3) is 0.692. The minimum Gasteiger partial charge on any atom is -0.381 e. The van der Waals surface area contributed by atoms with Crippen LogP contribution in [0.5, 0.6) is 0 Å². The van der Waals surface area contributed by atoms with Crippen LogP contribution in [0.2, 0.25) is 0 Å². The number of nitrogens with one attached hydrogen (secondary N) is 1. The molecule has 14 heavy (non-hydrogen) atoms. The molecule has 2 aliphatic carbocycles. The zero-order valence-electron chi connectivity index (χ0n) is 9.19. The van der Waals surface area contributed by atoms with Gasteiger partial charge in [0.15, 0.2) is 0 Å². The van der Waals surface area contributed by atoms with E-state index in [0.717, 1.165) is 5.92 Å². The molecule has 3 aliphatic rings. The minimum atomic E-state index is 0.703. The first-order valence-electron chi connectivity index (χ1n) is 5.94. The van der Waals surface area contributed by atoms with Crippen molar-refractivity contribution in [2.45, 2.75) is 52.0 Å². The number of rotatable bonds is 1. The van der Waals surface area contributed by atoms with Crippen molar-refractivity contribution in [1.29, 1.82) is 0 Å². The van der Waals surface area contributed by atoms with E-state index in [2.05, 4.69) is 19.2 Å². The second-order valence-corrected chi connectivity index (χ2v) is 5.05. The van der Waals surface area contributed by atoms with Crippen molar-refractivity contribution in [2.75, 3.05) is 0 Å². The summed E-state index contributed by atoms with van der Waals surface area (Å²) in [5.74, 6) is 0.882. The maximum absolute atomic E-state index is 3.78. The lowest BCUT2D eigenvalue weighted by molar-refractivity contribution is 0.599. The highest BCUT2D eigenvalue weighted by Crippen LogP contribution is 2.43. The molecule has 1 aliphatic heterocycles. The van der Waals surface area contributed by atoms with Gasteiger partial charge in [-0.3, -0.25) is 0 Å². The van der Waals surface area contributed by atoms with E-state index in [9.17, 15) is 0 Å². The summed E-state index contributed by atoms with van der Waals surface area (Å²) in [4.78, 5) is 0. The highest BCUT2D eigenvalue weighted by Gasteiger charge is 2.35. The maximum atomic E-state index is 3.78. The fourth-order valence-corrected chi connectivity index (χ4v) is 2.99. The molecule has 0 bridgehead atoms. The molecule has 1 nitrogen and oxygen atoms in total. The Morgan fingerprint density at radius 1 is 1.07 bits per heavy atom. The molecule has 2 fully saturated rings. The number of hydrogen-bond donors (Lipinski definition) is 1. The quantitative estimate of drug-likeness (QED) is 0.668. The molecule has 1 unspecified atom stereocenters. The smallest absolute Gasteiger partial charge is 0.0476 e. The minimum absolute atomic E-state index is 0.703. The van der Waals surface area contributed by atoms with Crippen molar-refractivity contribution in [3.05, 3.63) is 22.4 Å². The van der Waals surface area contributed by atoms with Gasteiger partial charge in [0.1, 0.15) is 0 Å². The normalized spacial score (nSPS) is 32.0. The predicted octanol–water partition coefficient (Wildman–Crippen LogP) is 3.14. The van der Waals surface area contributed by atoms with Crippen LogP contribution < -0.4 is 5.32 Å². The summed E-state index contributed by atoms with van der Waals surface area (Å²) in [6.07, 6.45) is 6.90. The summed E-state index contributed by atoms with van der Waals surface area (Å²) in [5, 5.41) is 3.78. The van der Waals surface area contributed by atoms with Gasteiger partial charge in [0.2, 0.25) is 0 Å². The Morgan fingerprint density at radius 2 is 1.86 bits per heavy atom. The van der Waals surface area contributed by atoms with Gasteiger partial charge < -0.3 is 5.32 Å². The van der Waals surface area contributed by atoms with Crippen LogP contribution in [0.25, 0.3) is 0 Å². The van der Waals surface area contributed by atoms with Gasteiger partial charge in [-0.05, 0) is 68.6 Å². The zero-order valence-corrected chi connectivity index (χ0v) is 9.19. The molecule has 0 amide bonds. The maximum Gasteiger partial charge on any atom is 0.0476 e. The lowest BCUT2D eigenvalue weighted by atomic mass is 9.92. The van der Waals surface area contributed by atoms with Crippen LogP contribution in [0, 0.1) is 5.92 Å². The first-order chi connectivity index (χ1) is 6.77. The largest absolute Gasteiger partial charge is 0.381 e. The van der Waals surface area contributed by atoms with Gasteiger partial charge in [-0.1, -0.05) is 0 Å². The summed E-state index contributed by atoms with van der Waals surface area (Å²) >= 11 is 0. The molecule has 1 N–H and O–H groups in total. The Morgan fingerprint density at radius 3 is 2.57 bits per heavy atom. The molecule has 3 rings (SSSR count). The monoisotopic (exact) mass is 189 g/mol. The summed E-state index contributed by atoms with van der Waals surface area (Å²) < 4.78 is 0. The average molecular weight is 189 g/mol. The van der Waals surface area contributed by atoms with Crippen molar-refractivity contribution in [3.8, 4) is 0 Å². The first kappa shape index (κ1) is 8.58. The third-order valence-corrected chi connectivity index (χ3v) is 4.12. The van der Waals surface area contributed by atoms with Gasteiger partial charge >= 0.3 is 0 Å². The van der Waals surface area contributed by atoms with E-state index in [1.54, 1.807) is 22.4 Å². The Hall–Kier alpha value is -0.720. The second kappa shape index (κ2) is 2.88. The molecule has 1 heteroatoms. The number of hydrogen-bond acceptors (Lipinski definition) is 1. The van der Waals surface area contributed by atoms with E-state index in [1.807, 2.05) is 0 Å². The van der Waals surface area contributed by atoms with Crippen molar-refractivity contribution < 1.29 is 0 Å². The molecule has 0 saturated heterocycles. The summed E-state index contributed by atoms with van der Waals surface area (Å²) in [7, 11) is 0. The van der Waals surface area contributed by atoms with E-state index >= 15 is 0 Å². The predicted molar refractivity (Wildman–Crippen MR) is 58.9 cm³/mol. The van der Waals surface area contributed by atoms with Crippen molar-refractivity contribution in [1.82, 2.24) is 5.32 Å². The van der Waals surface area contributed by atoms with Crippen LogP contribution in [0.3, 0.4) is 0 Å². The van der Waals surface area contributed by atoms with Crippen LogP contribution in [0.4, 0.5) is 0 Å². The van der Waals surface area contributed by atoms with Crippen LogP contribution in [-0.2, 0) is 0 Å². The number of dihydropyridines is 1. The molecule has 1 atom stereocenters. The first-order valence-corrected chi connectivity index (χ1v) is 5.94. The summed E-state index contributed by atoms with van der Waals surface area (Å²) in [6.45, 7) is 4.63. The van der Waals surface area contributed by atoms with Gasteiger partial charge in [0.05, 0.1) is 0 Å². The topological polar surface area (TPSA) is 12.0 Å². The van der Waals surface area contributed by atoms with Crippen LogP contribution in [0.15, 0.2) is 22.4 Å². The average Bonchev–Trinajstić information content (AvgIpc) is 2.91. The molecule has 0 aromatic heterocycles. The Labute approximate surface area is 86.3 Å². The standard InChI is InChI=1S/C13H19N/c1-8-9(2)13(10-6-7-10)14-12-5-3-4-11(8)12/h10,12,14H,3-7H2,1-2H3. The van der Waals surface area contributed by atoms with Gasteiger partial charge in [0, 0.05) is 11.7 Å². The SMILES string of the molecule is CC1=C(C2CC2)NC2CCCC2=C1C. The zero-order chi connectivity index (χ0) is 9.71. The molecule has 1 heterocycles. The summed E-state index contributed by atoms with van der Waals surface area (Å²) in [5.41, 5.74) is 6.44. The Kier molecular flexibility index (Phi) is 1.77. The molecular weight excluding hydrogens is 170 g/mol. The highest BCUT2D eigenvalue weighted by molar-refractivity contribution is 5.44. The van der Waals surface area contributed by atoms with Crippen molar-refractivity contribution >= 4 is 0 Å². The molecule has 0 aromatic rings. The van der Waals surface area contributed by atoms with E-state index < -0.39 is 0 Å². The van der Waals surface area contributed by atoms with Gasteiger partial charge in [-0.2, -0.15) is 0 Å². The third-order valence-electron chi connectivity index (χ3n) is 4.12. The molecular formula is C13H19N. The molecule has 0 radical (unpaired) electrons. The van der Waals surface area contributed by atoms with E-state index in [-0.39, 0.29) is 0 Å². The molecule has 0 aromatic carbocycles. The van der Waals surface area contributed by atoms with Crippen molar-refractivity contribution in [3.63, 3.8) is 0 Å². The van der Waals surface area contributed by atoms with E-state index in [4.69, 9.17) is 0 Å². The number of allylic oxidation sites excluding steroid dienone is 3. The lowest BCUT2D eigenvalue weighted by Crippen LogP contribution is -2.32. The van der Waals surface area contributed by atoms with Gasteiger partial charge in [-0.15, -0.1) is 0 Å². The molecule has 2 saturated carbocycles. The van der Waals surface area contributed by atoms with Crippen LogP contribution in [0.1, 0.15) is 46.0 Å².